The summed E-state index contributed by atoms with van der Waals surface area (Å²) < 4.78 is 5.05. The van der Waals surface area contributed by atoms with Gasteiger partial charge in [0.2, 0.25) is 5.91 Å². The lowest BCUT2D eigenvalue weighted by Crippen LogP contribution is -2.41. The van der Waals surface area contributed by atoms with Gasteiger partial charge in [-0.25, -0.2) is 0 Å². The van der Waals surface area contributed by atoms with Gasteiger partial charge in [-0.1, -0.05) is 46.3 Å². The zero-order valence-electron chi connectivity index (χ0n) is 15.6. The van der Waals surface area contributed by atoms with Crippen molar-refractivity contribution in [3.63, 3.8) is 0 Å². The van der Waals surface area contributed by atoms with Gasteiger partial charge in [-0.15, -0.1) is 0 Å². The highest BCUT2D eigenvalue weighted by molar-refractivity contribution is 9.10. The van der Waals surface area contributed by atoms with Crippen molar-refractivity contribution in [2.75, 3.05) is 11.5 Å². The predicted octanol–water partition coefficient (Wildman–Crippen LogP) is 5.41. The van der Waals surface area contributed by atoms with E-state index < -0.39 is 4.32 Å². The molecule has 0 saturated carbocycles. The number of aryl methyl sites for hydroxylation is 1. The lowest BCUT2D eigenvalue weighted by molar-refractivity contribution is -0.120. The maximum absolute atomic E-state index is 13.1. The van der Waals surface area contributed by atoms with E-state index in [4.69, 9.17) is 4.74 Å². The van der Waals surface area contributed by atoms with E-state index >= 15 is 0 Å². The Morgan fingerprint density at radius 2 is 1.80 bits per heavy atom. The Kier molecular flexibility index (Phi) is 6.28. The molecule has 0 aliphatic carbocycles. The number of nitrogens with zero attached hydrogens (tertiary/aromatic N) is 1. The highest BCUT2D eigenvalue weighted by atomic mass is 79.9. The second-order valence-corrected chi connectivity index (χ2v) is 8.65. The third kappa shape index (κ3) is 4.85. The Balaban J connectivity index is 2.53. The summed E-state index contributed by atoms with van der Waals surface area (Å²) in [5.74, 6) is 0.811. The van der Waals surface area contributed by atoms with Crippen LogP contribution in [0.2, 0.25) is 0 Å². The van der Waals surface area contributed by atoms with E-state index in [-0.39, 0.29) is 5.91 Å². The summed E-state index contributed by atoms with van der Waals surface area (Å²) in [4.78, 5) is 15.0. The number of amides is 1. The van der Waals surface area contributed by atoms with Crippen molar-refractivity contribution >= 4 is 27.5 Å². The molecule has 3 nitrogen and oxygen atoms in total. The molecule has 0 radical (unpaired) electrons. The second kappa shape index (κ2) is 8.05. The molecule has 0 saturated heterocycles. The van der Waals surface area contributed by atoms with Crippen LogP contribution >= 0.6 is 15.9 Å². The molecule has 2 aromatic rings. The number of halogens is 1. The van der Waals surface area contributed by atoms with Crippen LogP contribution in [0.1, 0.15) is 37.5 Å². The zero-order chi connectivity index (χ0) is 18.6. The summed E-state index contributed by atoms with van der Waals surface area (Å²) in [7, 11) is 0. The predicted molar refractivity (Wildman–Crippen MR) is 108 cm³/mol. The fourth-order valence-corrected chi connectivity index (χ4v) is 2.91. The van der Waals surface area contributed by atoms with Crippen LogP contribution in [0, 0.1) is 13.8 Å². The summed E-state index contributed by atoms with van der Waals surface area (Å²) >= 11 is 3.53. The molecule has 0 fully saturated rings. The molecule has 25 heavy (non-hydrogen) atoms. The van der Waals surface area contributed by atoms with Gasteiger partial charge in [-0.05, 0) is 57.4 Å². The van der Waals surface area contributed by atoms with Crippen molar-refractivity contribution in [1.82, 2.24) is 0 Å². The highest BCUT2D eigenvalue weighted by Crippen LogP contribution is 2.33. The van der Waals surface area contributed by atoms with Crippen LogP contribution in [0.3, 0.4) is 0 Å². The second-order valence-electron chi connectivity index (χ2n) is 6.67. The normalized spacial score (nSPS) is 11.3. The van der Waals surface area contributed by atoms with Crippen LogP contribution in [0.4, 0.5) is 5.69 Å². The van der Waals surface area contributed by atoms with E-state index in [1.54, 1.807) is 0 Å². The van der Waals surface area contributed by atoms with Gasteiger partial charge in [0.05, 0.1) is 23.2 Å². The first-order valence-corrected chi connectivity index (χ1v) is 9.32. The van der Waals surface area contributed by atoms with Gasteiger partial charge >= 0.3 is 0 Å². The number of hydrogen-bond acceptors (Lipinski definition) is 2. The highest BCUT2D eigenvalue weighted by Gasteiger charge is 2.31. The summed E-state index contributed by atoms with van der Waals surface area (Å²) in [6, 6.07) is 14.0. The van der Waals surface area contributed by atoms with Crippen LogP contribution in [0.5, 0.6) is 5.75 Å². The van der Waals surface area contributed by atoms with Crippen molar-refractivity contribution in [2.45, 2.75) is 45.5 Å². The average molecular weight is 404 g/mol. The van der Waals surface area contributed by atoms with E-state index in [2.05, 4.69) is 15.9 Å². The van der Waals surface area contributed by atoms with Gasteiger partial charge in [0.25, 0.3) is 0 Å². The first-order valence-electron chi connectivity index (χ1n) is 8.53. The monoisotopic (exact) mass is 403 g/mol. The van der Waals surface area contributed by atoms with Crippen molar-refractivity contribution in [3.8, 4) is 5.75 Å². The molecule has 0 heterocycles. The summed E-state index contributed by atoms with van der Waals surface area (Å²) in [5.41, 5.74) is 4.18. The van der Waals surface area contributed by atoms with Crippen LogP contribution < -0.4 is 9.64 Å². The molecule has 0 N–H and O–H groups in total. The molecule has 0 aliphatic rings. The molecule has 0 unspecified atom stereocenters. The molecule has 134 valence electrons. The Labute approximate surface area is 159 Å². The Bertz CT molecular complexity index is 736. The van der Waals surface area contributed by atoms with Gasteiger partial charge < -0.3 is 9.64 Å². The number of carbonyl (C=O) groups excluding carboxylic acids is 1. The van der Waals surface area contributed by atoms with Gasteiger partial charge in [-0.2, -0.15) is 0 Å². The fraction of sp³-hybridized carbons (Fsp3) is 0.381. The van der Waals surface area contributed by atoms with E-state index in [0.717, 1.165) is 28.1 Å². The Morgan fingerprint density at radius 1 is 1.16 bits per heavy atom. The number of anilines is 1. The first kappa shape index (κ1) is 19.5. The lowest BCUT2D eigenvalue weighted by atomic mass is 10.0. The molecule has 0 bridgehead atoms. The maximum atomic E-state index is 13.1. The number of rotatable bonds is 6. The molecular weight excluding hydrogens is 378 g/mol. The van der Waals surface area contributed by atoms with Crippen LogP contribution in [-0.2, 0) is 11.3 Å². The average Bonchev–Trinajstić information content (AvgIpc) is 2.56. The molecule has 0 aliphatic heterocycles. The Morgan fingerprint density at radius 3 is 2.36 bits per heavy atom. The third-order valence-corrected chi connectivity index (χ3v) is 4.49. The molecule has 0 aromatic heterocycles. The van der Waals surface area contributed by atoms with Crippen molar-refractivity contribution in [3.05, 3.63) is 59.2 Å². The third-order valence-electron chi connectivity index (χ3n) is 4.15. The summed E-state index contributed by atoms with van der Waals surface area (Å²) in [6.45, 7) is 10.9. The van der Waals surface area contributed by atoms with E-state index in [1.807, 2.05) is 82.0 Å². The summed E-state index contributed by atoms with van der Waals surface area (Å²) in [5, 5.41) is 0. The number of ether oxygens (including phenoxy) is 1. The molecule has 0 atom stereocenters. The van der Waals surface area contributed by atoms with Crippen LogP contribution in [-0.4, -0.2) is 16.8 Å². The number of carbonyl (C=O) groups is 1. The van der Waals surface area contributed by atoms with Gasteiger partial charge in [0.15, 0.2) is 0 Å². The zero-order valence-corrected chi connectivity index (χ0v) is 17.2. The van der Waals surface area contributed by atoms with E-state index in [9.17, 15) is 4.79 Å². The summed E-state index contributed by atoms with van der Waals surface area (Å²) in [6.07, 6.45) is 0. The van der Waals surface area contributed by atoms with Gasteiger partial charge in [0, 0.05) is 6.07 Å². The molecule has 1 amide bonds. The largest absolute Gasteiger partial charge is 0.494 e. The first-order chi connectivity index (χ1) is 11.7. The number of hydrogen-bond donors (Lipinski definition) is 0. The van der Waals surface area contributed by atoms with E-state index in [0.29, 0.717) is 13.2 Å². The van der Waals surface area contributed by atoms with Gasteiger partial charge in [-0.3, -0.25) is 4.79 Å². The SMILES string of the molecule is CCOc1cc(C)c(C)c(N(Cc2ccccc2)C(=O)C(C)(C)Br)c1. The number of alkyl halides is 1. The lowest BCUT2D eigenvalue weighted by Gasteiger charge is -2.31. The molecule has 4 heteroatoms. The fourth-order valence-electron chi connectivity index (χ4n) is 2.69. The minimum absolute atomic E-state index is 0.0208. The smallest absolute Gasteiger partial charge is 0.243 e. The number of benzene rings is 2. The minimum Gasteiger partial charge on any atom is -0.494 e. The molecule has 0 spiro atoms. The molecule has 2 aromatic carbocycles. The minimum atomic E-state index is -0.649. The van der Waals surface area contributed by atoms with Crippen molar-refractivity contribution < 1.29 is 9.53 Å². The van der Waals surface area contributed by atoms with Crippen LogP contribution in [0.15, 0.2) is 42.5 Å². The van der Waals surface area contributed by atoms with E-state index in [1.165, 1.54) is 0 Å². The quantitative estimate of drug-likeness (QED) is 0.603. The maximum Gasteiger partial charge on any atom is 0.243 e. The molecule has 2 rings (SSSR count). The standard InChI is InChI=1S/C21H26BrNO2/c1-6-25-18-12-15(2)16(3)19(13-18)23(20(24)21(4,5)22)14-17-10-8-7-9-11-17/h7-13H,6,14H2,1-5H3. The van der Waals surface area contributed by atoms with Crippen molar-refractivity contribution in [1.29, 1.82) is 0 Å². The van der Waals surface area contributed by atoms with Crippen molar-refractivity contribution in [2.24, 2.45) is 0 Å². The Hall–Kier alpha value is -1.81. The topological polar surface area (TPSA) is 29.5 Å². The van der Waals surface area contributed by atoms with Gasteiger partial charge in [0.1, 0.15) is 5.75 Å². The van der Waals surface area contributed by atoms with Crippen LogP contribution in [0.25, 0.3) is 0 Å². The molecular formula is C21H26BrNO2.